The summed E-state index contributed by atoms with van der Waals surface area (Å²) < 4.78 is 8.42. The molecule has 2 aromatic heterocycles. The Morgan fingerprint density at radius 3 is 2.50 bits per heavy atom. The van der Waals surface area contributed by atoms with Crippen molar-refractivity contribution in [2.75, 3.05) is 0 Å². The standard InChI is InChI=1S/C24H22N6O2/c1-15-8-9-20(18(12-15)13-25)19-10-11-23(26-17(19)3)32-14-21-16(2)6-5-7-22(21)30-24(31)29(4)27-28-30/h5-12H,14H2,1-4H3. The molecule has 4 aromatic rings. The quantitative estimate of drug-likeness (QED) is 0.485. The van der Waals surface area contributed by atoms with Crippen LogP contribution in [0, 0.1) is 32.1 Å². The Morgan fingerprint density at radius 2 is 1.81 bits per heavy atom. The molecule has 2 aromatic carbocycles. The van der Waals surface area contributed by atoms with E-state index in [2.05, 4.69) is 21.5 Å². The number of hydrogen-bond acceptors (Lipinski definition) is 6. The first-order valence-electron chi connectivity index (χ1n) is 10.1. The highest BCUT2D eigenvalue weighted by atomic mass is 16.5. The van der Waals surface area contributed by atoms with Crippen LogP contribution in [0.5, 0.6) is 5.88 Å². The molecule has 0 saturated carbocycles. The zero-order valence-corrected chi connectivity index (χ0v) is 18.3. The van der Waals surface area contributed by atoms with Gasteiger partial charge in [0.1, 0.15) is 6.61 Å². The molecule has 0 aliphatic heterocycles. The van der Waals surface area contributed by atoms with Crippen molar-refractivity contribution in [2.24, 2.45) is 7.05 Å². The minimum Gasteiger partial charge on any atom is -0.473 e. The largest absolute Gasteiger partial charge is 0.473 e. The summed E-state index contributed by atoms with van der Waals surface area (Å²) in [6.45, 7) is 6.01. The smallest absolute Gasteiger partial charge is 0.368 e. The van der Waals surface area contributed by atoms with Crippen LogP contribution in [0.15, 0.2) is 53.3 Å². The van der Waals surface area contributed by atoms with Gasteiger partial charge in [0.25, 0.3) is 0 Å². The molecule has 0 unspecified atom stereocenters. The Bertz CT molecular complexity index is 1410. The lowest BCUT2D eigenvalue weighted by Gasteiger charge is -2.14. The van der Waals surface area contributed by atoms with Crippen molar-refractivity contribution in [3.8, 4) is 28.8 Å². The van der Waals surface area contributed by atoms with Gasteiger partial charge in [-0.1, -0.05) is 24.3 Å². The molecule has 0 radical (unpaired) electrons. The minimum atomic E-state index is -0.332. The number of tetrazole rings is 1. The molecule has 160 valence electrons. The van der Waals surface area contributed by atoms with E-state index in [0.29, 0.717) is 17.1 Å². The van der Waals surface area contributed by atoms with E-state index >= 15 is 0 Å². The Hall–Kier alpha value is -4.25. The molecule has 32 heavy (non-hydrogen) atoms. The van der Waals surface area contributed by atoms with Crippen LogP contribution in [0.2, 0.25) is 0 Å². The summed E-state index contributed by atoms with van der Waals surface area (Å²) in [4.78, 5) is 16.9. The lowest BCUT2D eigenvalue weighted by molar-refractivity contribution is 0.292. The molecule has 0 N–H and O–H groups in total. The third-order valence-corrected chi connectivity index (χ3v) is 5.35. The predicted molar refractivity (Wildman–Crippen MR) is 120 cm³/mol. The minimum absolute atomic E-state index is 0.213. The van der Waals surface area contributed by atoms with E-state index in [1.807, 2.05) is 63.2 Å². The van der Waals surface area contributed by atoms with E-state index in [0.717, 1.165) is 33.5 Å². The molecule has 0 saturated heterocycles. The van der Waals surface area contributed by atoms with Crippen molar-refractivity contribution in [1.82, 2.24) is 24.8 Å². The molecule has 0 fully saturated rings. The summed E-state index contributed by atoms with van der Waals surface area (Å²) in [5, 5.41) is 17.2. The second-order valence-electron chi connectivity index (χ2n) is 7.60. The normalized spacial score (nSPS) is 10.7. The summed E-state index contributed by atoms with van der Waals surface area (Å²) in [6.07, 6.45) is 0. The highest BCUT2D eigenvalue weighted by Crippen LogP contribution is 2.28. The van der Waals surface area contributed by atoms with Crippen molar-refractivity contribution in [1.29, 1.82) is 5.26 Å². The Kier molecular flexibility index (Phi) is 5.56. The van der Waals surface area contributed by atoms with E-state index in [9.17, 15) is 10.1 Å². The van der Waals surface area contributed by atoms with Crippen LogP contribution >= 0.6 is 0 Å². The highest BCUT2D eigenvalue weighted by Gasteiger charge is 2.15. The summed E-state index contributed by atoms with van der Waals surface area (Å²) in [6, 6.07) is 17.4. The third kappa shape index (κ3) is 3.88. The van der Waals surface area contributed by atoms with E-state index in [-0.39, 0.29) is 12.3 Å². The van der Waals surface area contributed by atoms with Gasteiger partial charge in [-0.3, -0.25) is 0 Å². The van der Waals surface area contributed by atoms with Crippen LogP contribution in [-0.4, -0.2) is 24.8 Å². The first-order valence-corrected chi connectivity index (χ1v) is 10.1. The highest BCUT2D eigenvalue weighted by molar-refractivity contribution is 5.72. The molecule has 8 nitrogen and oxygen atoms in total. The summed E-state index contributed by atoms with van der Waals surface area (Å²) in [7, 11) is 1.55. The summed E-state index contributed by atoms with van der Waals surface area (Å²) >= 11 is 0. The zero-order valence-electron chi connectivity index (χ0n) is 18.3. The van der Waals surface area contributed by atoms with Gasteiger partial charge in [0.15, 0.2) is 0 Å². The first kappa shape index (κ1) is 21.0. The maximum atomic E-state index is 12.3. The predicted octanol–water partition coefficient (Wildman–Crippen LogP) is 3.40. The van der Waals surface area contributed by atoms with E-state index in [1.165, 1.54) is 9.36 Å². The summed E-state index contributed by atoms with van der Waals surface area (Å²) in [5.74, 6) is 0.456. The summed E-state index contributed by atoms with van der Waals surface area (Å²) in [5.41, 5.74) is 6.22. The van der Waals surface area contributed by atoms with Crippen LogP contribution in [-0.2, 0) is 13.7 Å². The van der Waals surface area contributed by atoms with Gasteiger partial charge in [0, 0.05) is 35.5 Å². The number of aryl methyl sites for hydroxylation is 4. The van der Waals surface area contributed by atoms with Gasteiger partial charge in [-0.25, -0.2) is 9.78 Å². The van der Waals surface area contributed by atoms with Gasteiger partial charge in [-0.2, -0.15) is 14.6 Å². The SMILES string of the molecule is Cc1ccc(-c2ccc(OCc3c(C)cccc3-n3nnn(C)c3=O)nc2C)c(C#N)c1. The number of nitriles is 1. The van der Waals surface area contributed by atoms with Crippen molar-refractivity contribution in [2.45, 2.75) is 27.4 Å². The first-order chi connectivity index (χ1) is 15.4. The number of rotatable bonds is 5. The van der Waals surface area contributed by atoms with Gasteiger partial charge >= 0.3 is 5.69 Å². The van der Waals surface area contributed by atoms with Crippen LogP contribution < -0.4 is 10.4 Å². The number of hydrogen-bond donors (Lipinski definition) is 0. The van der Waals surface area contributed by atoms with Gasteiger partial charge in [0.2, 0.25) is 5.88 Å². The molecule has 2 heterocycles. The van der Waals surface area contributed by atoms with E-state index in [1.54, 1.807) is 13.1 Å². The fraction of sp³-hybridized carbons (Fsp3) is 0.208. The monoisotopic (exact) mass is 426 g/mol. The third-order valence-electron chi connectivity index (χ3n) is 5.35. The molecule has 0 aliphatic carbocycles. The van der Waals surface area contributed by atoms with Crippen molar-refractivity contribution in [3.63, 3.8) is 0 Å². The van der Waals surface area contributed by atoms with Crippen LogP contribution in [0.4, 0.5) is 0 Å². The Labute approximate surface area is 185 Å². The molecule has 0 atom stereocenters. The molecule has 4 rings (SSSR count). The van der Waals surface area contributed by atoms with Crippen LogP contribution in [0.25, 0.3) is 16.8 Å². The Balaban J connectivity index is 1.63. The topological polar surface area (TPSA) is 98.6 Å². The van der Waals surface area contributed by atoms with Crippen molar-refractivity contribution >= 4 is 0 Å². The average Bonchev–Trinajstić information content (AvgIpc) is 3.11. The Morgan fingerprint density at radius 1 is 1.03 bits per heavy atom. The van der Waals surface area contributed by atoms with Crippen LogP contribution in [0.1, 0.15) is 27.9 Å². The van der Waals surface area contributed by atoms with E-state index in [4.69, 9.17) is 4.74 Å². The van der Waals surface area contributed by atoms with Crippen LogP contribution in [0.3, 0.4) is 0 Å². The number of benzene rings is 2. The van der Waals surface area contributed by atoms with Gasteiger partial charge in [-0.15, -0.1) is 0 Å². The lowest BCUT2D eigenvalue weighted by Crippen LogP contribution is -2.23. The molecule has 0 aliphatic rings. The van der Waals surface area contributed by atoms with Gasteiger partial charge < -0.3 is 4.74 Å². The number of ether oxygens (including phenoxy) is 1. The maximum absolute atomic E-state index is 12.3. The number of aromatic nitrogens is 5. The number of pyridine rings is 1. The molecular weight excluding hydrogens is 404 g/mol. The zero-order chi connectivity index (χ0) is 22.8. The van der Waals surface area contributed by atoms with E-state index < -0.39 is 0 Å². The lowest BCUT2D eigenvalue weighted by atomic mass is 9.97. The average molecular weight is 426 g/mol. The molecular formula is C24H22N6O2. The van der Waals surface area contributed by atoms with Gasteiger partial charge in [-0.05, 0) is 60.5 Å². The maximum Gasteiger partial charge on any atom is 0.368 e. The fourth-order valence-electron chi connectivity index (χ4n) is 3.57. The molecule has 0 amide bonds. The molecule has 0 spiro atoms. The molecule has 0 bridgehead atoms. The fourth-order valence-corrected chi connectivity index (χ4v) is 3.57. The molecule has 8 heteroatoms. The second kappa shape index (κ2) is 8.47. The van der Waals surface area contributed by atoms with Gasteiger partial charge in [0.05, 0.1) is 17.3 Å². The van der Waals surface area contributed by atoms with Crippen molar-refractivity contribution < 1.29 is 4.74 Å². The van der Waals surface area contributed by atoms with Crippen molar-refractivity contribution in [3.05, 3.63) is 87.0 Å². The second-order valence-corrected chi connectivity index (χ2v) is 7.60. The number of nitrogens with zero attached hydrogens (tertiary/aromatic N) is 6.